The van der Waals surface area contributed by atoms with Gasteiger partial charge in [-0.25, -0.2) is 0 Å². The topological polar surface area (TPSA) is 44.4 Å². The molecule has 4 nitrogen and oxygen atoms in total. The number of nitrogens with zero attached hydrogens (tertiary/aromatic N) is 1. The number of halogens is 1. The van der Waals surface area contributed by atoms with Crippen LogP contribution < -0.4 is 10.6 Å². The highest BCUT2D eigenvalue weighted by Gasteiger charge is 2.29. The van der Waals surface area contributed by atoms with Crippen LogP contribution in [0.2, 0.25) is 0 Å². The Labute approximate surface area is 129 Å². The molecule has 20 heavy (non-hydrogen) atoms. The summed E-state index contributed by atoms with van der Waals surface area (Å²) in [6, 6.07) is 1.35. The Morgan fingerprint density at radius 1 is 1.15 bits per heavy atom. The molecule has 0 aromatic carbocycles. The molecule has 3 unspecified atom stereocenters. The standard InChI is InChI=1S/C15H29N3O.ClH/c1-11-9-18(10-12(2)16-11)13(3)15(19)17-14-7-5-4-6-8-14;/h11-14,16H,4-10H2,1-3H3,(H,17,19);1H. The van der Waals surface area contributed by atoms with Gasteiger partial charge in [-0.1, -0.05) is 19.3 Å². The third-order valence-electron chi connectivity index (χ3n) is 4.46. The molecule has 2 aliphatic rings. The summed E-state index contributed by atoms with van der Waals surface area (Å²) in [5.41, 5.74) is 0. The summed E-state index contributed by atoms with van der Waals surface area (Å²) in [7, 11) is 0. The van der Waals surface area contributed by atoms with Gasteiger partial charge in [-0.3, -0.25) is 9.69 Å². The molecule has 1 aliphatic heterocycles. The van der Waals surface area contributed by atoms with E-state index in [-0.39, 0.29) is 24.4 Å². The van der Waals surface area contributed by atoms with E-state index in [0.717, 1.165) is 25.9 Å². The van der Waals surface area contributed by atoms with Crippen molar-refractivity contribution in [1.82, 2.24) is 15.5 Å². The van der Waals surface area contributed by atoms with Gasteiger partial charge in [-0.15, -0.1) is 12.4 Å². The first-order chi connectivity index (χ1) is 9.06. The van der Waals surface area contributed by atoms with Crippen LogP contribution in [0.4, 0.5) is 0 Å². The van der Waals surface area contributed by atoms with Crippen molar-refractivity contribution in [2.75, 3.05) is 13.1 Å². The molecule has 2 fully saturated rings. The Balaban J connectivity index is 0.00000200. The molecule has 118 valence electrons. The first-order valence-corrected chi connectivity index (χ1v) is 7.86. The SMILES string of the molecule is CC1CN(C(C)C(=O)NC2CCCCC2)CC(C)N1.Cl. The normalized spacial score (nSPS) is 30.4. The second-order valence-corrected chi connectivity index (χ2v) is 6.44. The van der Waals surface area contributed by atoms with Gasteiger partial charge in [0.2, 0.25) is 5.91 Å². The molecule has 5 heteroatoms. The number of carbonyl (C=O) groups excluding carboxylic acids is 1. The summed E-state index contributed by atoms with van der Waals surface area (Å²) < 4.78 is 0. The molecule has 1 saturated heterocycles. The second kappa shape index (κ2) is 8.20. The number of hydrogen-bond donors (Lipinski definition) is 2. The number of hydrogen-bond acceptors (Lipinski definition) is 3. The summed E-state index contributed by atoms with van der Waals surface area (Å²) in [6.45, 7) is 8.35. The van der Waals surface area contributed by atoms with Gasteiger partial charge in [0.25, 0.3) is 0 Å². The van der Waals surface area contributed by atoms with E-state index < -0.39 is 0 Å². The van der Waals surface area contributed by atoms with Crippen LogP contribution in [0.3, 0.4) is 0 Å². The van der Waals surface area contributed by atoms with Crippen LogP contribution in [0.15, 0.2) is 0 Å². The summed E-state index contributed by atoms with van der Waals surface area (Å²) in [5.74, 6) is 0.216. The van der Waals surface area contributed by atoms with Gasteiger partial charge < -0.3 is 10.6 Å². The fraction of sp³-hybridized carbons (Fsp3) is 0.933. The van der Waals surface area contributed by atoms with Crippen LogP contribution >= 0.6 is 12.4 Å². The van der Waals surface area contributed by atoms with Crippen LogP contribution in [0.25, 0.3) is 0 Å². The predicted octanol–water partition coefficient (Wildman–Crippen LogP) is 1.93. The van der Waals surface area contributed by atoms with Gasteiger partial charge in [0.1, 0.15) is 0 Å². The largest absolute Gasteiger partial charge is 0.352 e. The van der Waals surface area contributed by atoms with Crippen molar-refractivity contribution in [1.29, 1.82) is 0 Å². The third-order valence-corrected chi connectivity index (χ3v) is 4.46. The van der Waals surface area contributed by atoms with E-state index in [1.54, 1.807) is 0 Å². The lowest BCUT2D eigenvalue weighted by Crippen LogP contribution is -2.59. The number of piperazine rings is 1. The van der Waals surface area contributed by atoms with Crippen LogP contribution in [-0.4, -0.2) is 48.1 Å². The molecule has 1 amide bonds. The highest BCUT2D eigenvalue weighted by Crippen LogP contribution is 2.18. The lowest BCUT2D eigenvalue weighted by molar-refractivity contribution is -0.127. The zero-order valence-corrected chi connectivity index (χ0v) is 13.8. The smallest absolute Gasteiger partial charge is 0.237 e. The molecule has 0 bridgehead atoms. The van der Waals surface area contributed by atoms with E-state index in [1.165, 1.54) is 19.3 Å². The Kier molecular flexibility index (Phi) is 7.27. The van der Waals surface area contributed by atoms with E-state index >= 15 is 0 Å². The third kappa shape index (κ3) is 4.90. The number of rotatable bonds is 3. The van der Waals surface area contributed by atoms with E-state index in [9.17, 15) is 4.79 Å². The van der Waals surface area contributed by atoms with Crippen LogP contribution in [0, 0.1) is 0 Å². The van der Waals surface area contributed by atoms with Gasteiger partial charge in [0.15, 0.2) is 0 Å². The molecule has 2 N–H and O–H groups in total. The maximum Gasteiger partial charge on any atom is 0.237 e. The molecule has 0 aromatic rings. The fourth-order valence-corrected chi connectivity index (χ4v) is 3.42. The van der Waals surface area contributed by atoms with Gasteiger partial charge in [0, 0.05) is 31.2 Å². The molecule has 2 rings (SSSR count). The Morgan fingerprint density at radius 3 is 2.25 bits per heavy atom. The first kappa shape index (κ1) is 17.7. The first-order valence-electron chi connectivity index (χ1n) is 7.86. The van der Waals surface area contributed by atoms with Crippen molar-refractivity contribution in [3.8, 4) is 0 Å². The van der Waals surface area contributed by atoms with Gasteiger partial charge in [-0.2, -0.15) is 0 Å². The molecule has 0 aromatic heterocycles. The van der Waals surface area contributed by atoms with Crippen molar-refractivity contribution in [3.63, 3.8) is 0 Å². The molecular formula is C15H30ClN3O. The summed E-state index contributed by atoms with van der Waals surface area (Å²) >= 11 is 0. The van der Waals surface area contributed by atoms with Crippen molar-refractivity contribution < 1.29 is 4.79 Å². The van der Waals surface area contributed by atoms with Crippen molar-refractivity contribution in [3.05, 3.63) is 0 Å². The van der Waals surface area contributed by atoms with Gasteiger partial charge in [0.05, 0.1) is 6.04 Å². The number of nitrogens with one attached hydrogen (secondary N) is 2. The molecule has 0 radical (unpaired) electrons. The van der Waals surface area contributed by atoms with Crippen LogP contribution in [0.1, 0.15) is 52.9 Å². The van der Waals surface area contributed by atoms with E-state index in [1.807, 2.05) is 6.92 Å². The number of amides is 1. The van der Waals surface area contributed by atoms with E-state index in [2.05, 4.69) is 29.4 Å². The Hall–Kier alpha value is -0.320. The maximum atomic E-state index is 12.4. The summed E-state index contributed by atoms with van der Waals surface area (Å²) in [5, 5.41) is 6.76. The van der Waals surface area contributed by atoms with E-state index in [4.69, 9.17) is 0 Å². The van der Waals surface area contributed by atoms with Crippen LogP contribution in [-0.2, 0) is 4.79 Å². The quantitative estimate of drug-likeness (QED) is 0.837. The van der Waals surface area contributed by atoms with Crippen molar-refractivity contribution in [2.45, 2.75) is 77.0 Å². The Bertz CT molecular complexity index is 297. The van der Waals surface area contributed by atoms with Gasteiger partial charge in [-0.05, 0) is 33.6 Å². The molecule has 3 atom stereocenters. The van der Waals surface area contributed by atoms with Crippen molar-refractivity contribution >= 4 is 18.3 Å². The molecular weight excluding hydrogens is 274 g/mol. The fourth-order valence-electron chi connectivity index (χ4n) is 3.42. The van der Waals surface area contributed by atoms with Crippen molar-refractivity contribution in [2.24, 2.45) is 0 Å². The number of carbonyl (C=O) groups is 1. The Morgan fingerprint density at radius 2 is 1.70 bits per heavy atom. The average Bonchev–Trinajstić information content (AvgIpc) is 2.37. The summed E-state index contributed by atoms with van der Waals surface area (Å²) in [4.78, 5) is 14.7. The average molecular weight is 304 g/mol. The maximum absolute atomic E-state index is 12.4. The molecule has 1 heterocycles. The highest BCUT2D eigenvalue weighted by molar-refractivity contribution is 5.85. The lowest BCUT2D eigenvalue weighted by atomic mass is 9.95. The second-order valence-electron chi connectivity index (χ2n) is 6.44. The van der Waals surface area contributed by atoms with Crippen LogP contribution in [0.5, 0.6) is 0 Å². The monoisotopic (exact) mass is 303 g/mol. The highest BCUT2D eigenvalue weighted by atomic mass is 35.5. The molecule has 1 aliphatic carbocycles. The molecule has 1 saturated carbocycles. The minimum Gasteiger partial charge on any atom is -0.352 e. The van der Waals surface area contributed by atoms with E-state index in [0.29, 0.717) is 18.1 Å². The van der Waals surface area contributed by atoms with Gasteiger partial charge >= 0.3 is 0 Å². The summed E-state index contributed by atoms with van der Waals surface area (Å²) in [6.07, 6.45) is 6.18. The minimum absolute atomic E-state index is 0. The predicted molar refractivity (Wildman–Crippen MR) is 85.4 cm³/mol. The zero-order chi connectivity index (χ0) is 13.8. The minimum atomic E-state index is -0.00562. The zero-order valence-electron chi connectivity index (χ0n) is 13.0. The lowest BCUT2D eigenvalue weighted by Gasteiger charge is -2.39. The molecule has 0 spiro atoms.